The Labute approximate surface area is 134 Å². The van der Waals surface area contributed by atoms with Gasteiger partial charge < -0.3 is 9.64 Å². The second-order valence-electron chi connectivity index (χ2n) is 7.30. The lowest BCUT2D eigenvalue weighted by molar-refractivity contribution is 0.0204. The van der Waals surface area contributed by atoms with Gasteiger partial charge >= 0.3 is 6.09 Å². The maximum atomic E-state index is 12.1. The topological polar surface area (TPSA) is 29.5 Å². The van der Waals surface area contributed by atoms with E-state index in [2.05, 4.69) is 32.0 Å². The number of hydrogen-bond donors (Lipinski definition) is 0. The number of aryl methyl sites for hydroxylation is 2. The van der Waals surface area contributed by atoms with E-state index in [1.165, 1.54) is 16.7 Å². The molecule has 0 aromatic heterocycles. The minimum Gasteiger partial charge on any atom is -0.444 e. The Morgan fingerprint density at radius 1 is 1.27 bits per heavy atom. The van der Waals surface area contributed by atoms with E-state index < -0.39 is 5.60 Å². The molecule has 0 atom stereocenters. The highest BCUT2D eigenvalue weighted by Gasteiger charge is 2.28. The third-order valence-electron chi connectivity index (χ3n) is 4.27. The van der Waals surface area contributed by atoms with Crippen LogP contribution in [0.3, 0.4) is 0 Å². The van der Waals surface area contributed by atoms with Crippen LogP contribution in [0.5, 0.6) is 0 Å². The van der Waals surface area contributed by atoms with E-state index in [1.807, 2.05) is 25.7 Å². The number of ether oxygens (including phenoxy) is 1. The van der Waals surface area contributed by atoms with Gasteiger partial charge in [-0.2, -0.15) is 0 Å². The molecule has 1 fully saturated rings. The lowest BCUT2D eigenvalue weighted by atomic mass is 9.85. The number of amides is 1. The zero-order chi connectivity index (χ0) is 16.3. The molecule has 0 aliphatic carbocycles. The van der Waals surface area contributed by atoms with E-state index in [-0.39, 0.29) is 6.09 Å². The summed E-state index contributed by atoms with van der Waals surface area (Å²) in [6, 6.07) is 6.78. The average molecular weight is 303 g/mol. The van der Waals surface area contributed by atoms with E-state index in [1.54, 1.807) is 0 Å². The first-order chi connectivity index (χ1) is 10.3. The molecular formula is C19H29NO2. The van der Waals surface area contributed by atoms with E-state index in [4.69, 9.17) is 4.74 Å². The lowest BCUT2D eigenvalue weighted by Gasteiger charge is -2.34. The Morgan fingerprint density at radius 2 is 1.91 bits per heavy atom. The Kier molecular flexibility index (Phi) is 5.15. The molecule has 1 aromatic rings. The molecule has 2 rings (SSSR count). The highest BCUT2D eigenvalue weighted by atomic mass is 16.6. The fraction of sp³-hybridized carbons (Fsp3) is 0.632. The molecule has 0 radical (unpaired) electrons. The van der Waals surface area contributed by atoms with Crippen LogP contribution in [0, 0.1) is 6.92 Å². The summed E-state index contributed by atoms with van der Waals surface area (Å²) in [5.74, 6) is 0.564. The van der Waals surface area contributed by atoms with Crippen LogP contribution < -0.4 is 0 Å². The Hall–Kier alpha value is -1.51. The number of piperidine rings is 1. The Balaban J connectivity index is 1.99. The predicted octanol–water partition coefficient (Wildman–Crippen LogP) is 4.67. The summed E-state index contributed by atoms with van der Waals surface area (Å²) >= 11 is 0. The number of carbonyl (C=O) groups is 1. The molecule has 1 heterocycles. The first kappa shape index (κ1) is 16.9. The van der Waals surface area contributed by atoms with Crippen molar-refractivity contribution in [2.24, 2.45) is 0 Å². The summed E-state index contributed by atoms with van der Waals surface area (Å²) in [4.78, 5) is 14.0. The second-order valence-corrected chi connectivity index (χ2v) is 7.30. The van der Waals surface area contributed by atoms with Crippen LogP contribution in [-0.4, -0.2) is 29.7 Å². The molecule has 1 aromatic carbocycles. The summed E-state index contributed by atoms with van der Waals surface area (Å²) in [5, 5.41) is 0. The minimum absolute atomic E-state index is 0.175. The molecule has 0 spiro atoms. The molecule has 3 nitrogen and oxygen atoms in total. The minimum atomic E-state index is -0.416. The molecule has 0 saturated carbocycles. The molecule has 122 valence electrons. The summed E-state index contributed by atoms with van der Waals surface area (Å²) in [6.07, 6.45) is 2.94. The molecule has 1 saturated heterocycles. The van der Waals surface area contributed by atoms with Gasteiger partial charge in [0.1, 0.15) is 5.60 Å². The van der Waals surface area contributed by atoms with Crippen LogP contribution in [0.25, 0.3) is 0 Å². The van der Waals surface area contributed by atoms with E-state index in [0.717, 1.165) is 32.4 Å². The highest BCUT2D eigenvalue weighted by molar-refractivity contribution is 5.68. The SMILES string of the molecule is CCc1cc(C)ccc1C1CCN(C(=O)OC(C)(C)C)CC1. The molecule has 0 bridgehead atoms. The van der Waals surface area contributed by atoms with Gasteiger partial charge in [-0.15, -0.1) is 0 Å². The van der Waals surface area contributed by atoms with Crippen molar-refractivity contribution in [2.75, 3.05) is 13.1 Å². The van der Waals surface area contributed by atoms with Crippen molar-refractivity contribution in [1.82, 2.24) is 4.90 Å². The maximum absolute atomic E-state index is 12.1. The van der Waals surface area contributed by atoms with Crippen molar-refractivity contribution in [3.05, 3.63) is 34.9 Å². The van der Waals surface area contributed by atoms with Crippen LogP contribution in [-0.2, 0) is 11.2 Å². The fourth-order valence-electron chi connectivity index (χ4n) is 3.14. The number of rotatable bonds is 2. The number of hydrogen-bond acceptors (Lipinski definition) is 2. The zero-order valence-corrected chi connectivity index (χ0v) is 14.6. The van der Waals surface area contributed by atoms with Crippen molar-refractivity contribution < 1.29 is 9.53 Å². The van der Waals surface area contributed by atoms with Crippen molar-refractivity contribution in [3.63, 3.8) is 0 Å². The third kappa shape index (κ3) is 4.25. The van der Waals surface area contributed by atoms with E-state index >= 15 is 0 Å². The standard InChI is InChI=1S/C19H29NO2/c1-6-15-13-14(2)7-8-17(15)16-9-11-20(12-10-16)18(21)22-19(3,4)5/h7-8,13,16H,6,9-12H2,1-5H3. The van der Waals surface area contributed by atoms with E-state index in [9.17, 15) is 4.79 Å². The van der Waals surface area contributed by atoms with Gasteiger partial charge in [-0.1, -0.05) is 30.7 Å². The predicted molar refractivity (Wildman–Crippen MR) is 90.3 cm³/mol. The van der Waals surface area contributed by atoms with Crippen LogP contribution in [0.1, 0.15) is 63.1 Å². The largest absolute Gasteiger partial charge is 0.444 e. The van der Waals surface area contributed by atoms with Crippen molar-refractivity contribution in [2.45, 2.75) is 65.4 Å². The van der Waals surface area contributed by atoms with Gasteiger partial charge in [-0.3, -0.25) is 0 Å². The van der Waals surface area contributed by atoms with Crippen LogP contribution in [0.4, 0.5) is 4.79 Å². The van der Waals surface area contributed by atoms with Crippen LogP contribution in [0.15, 0.2) is 18.2 Å². The molecule has 3 heteroatoms. The molecule has 1 aliphatic heterocycles. The van der Waals surface area contributed by atoms with Crippen LogP contribution in [0.2, 0.25) is 0 Å². The quantitative estimate of drug-likeness (QED) is 0.794. The summed E-state index contributed by atoms with van der Waals surface area (Å²) in [6.45, 7) is 11.7. The fourth-order valence-corrected chi connectivity index (χ4v) is 3.14. The monoisotopic (exact) mass is 303 g/mol. The smallest absolute Gasteiger partial charge is 0.410 e. The second kappa shape index (κ2) is 6.72. The normalized spacial score (nSPS) is 16.7. The average Bonchev–Trinajstić information content (AvgIpc) is 2.45. The molecule has 1 aliphatic rings. The molecule has 1 amide bonds. The third-order valence-corrected chi connectivity index (χ3v) is 4.27. The first-order valence-corrected chi connectivity index (χ1v) is 8.37. The van der Waals surface area contributed by atoms with Gasteiger partial charge in [0.05, 0.1) is 0 Å². The summed E-state index contributed by atoms with van der Waals surface area (Å²) < 4.78 is 5.47. The first-order valence-electron chi connectivity index (χ1n) is 8.37. The van der Waals surface area contributed by atoms with E-state index in [0.29, 0.717) is 5.92 Å². The van der Waals surface area contributed by atoms with Crippen molar-refractivity contribution in [1.29, 1.82) is 0 Å². The van der Waals surface area contributed by atoms with Gasteiger partial charge in [0, 0.05) is 13.1 Å². The lowest BCUT2D eigenvalue weighted by Crippen LogP contribution is -2.41. The number of carbonyl (C=O) groups excluding carboxylic acids is 1. The van der Waals surface area contributed by atoms with Crippen LogP contribution >= 0.6 is 0 Å². The Bertz CT molecular complexity index is 523. The zero-order valence-electron chi connectivity index (χ0n) is 14.6. The Morgan fingerprint density at radius 3 is 2.45 bits per heavy atom. The number of likely N-dealkylation sites (tertiary alicyclic amines) is 1. The highest BCUT2D eigenvalue weighted by Crippen LogP contribution is 2.31. The number of nitrogens with zero attached hydrogens (tertiary/aromatic N) is 1. The number of benzene rings is 1. The molecular weight excluding hydrogens is 274 g/mol. The maximum Gasteiger partial charge on any atom is 0.410 e. The van der Waals surface area contributed by atoms with Gasteiger partial charge in [-0.25, -0.2) is 4.79 Å². The van der Waals surface area contributed by atoms with Gasteiger partial charge in [0.2, 0.25) is 0 Å². The van der Waals surface area contributed by atoms with Crippen molar-refractivity contribution in [3.8, 4) is 0 Å². The van der Waals surface area contributed by atoms with Crippen molar-refractivity contribution >= 4 is 6.09 Å². The molecule has 0 N–H and O–H groups in total. The van der Waals surface area contributed by atoms with Gasteiger partial charge in [0.15, 0.2) is 0 Å². The molecule has 22 heavy (non-hydrogen) atoms. The summed E-state index contributed by atoms with van der Waals surface area (Å²) in [7, 11) is 0. The summed E-state index contributed by atoms with van der Waals surface area (Å²) in [5.41, 5.74) is 3.83. The molecule has 0 unspecified atom stereocenters. The van der Waals surface area contributed by atoms with Gasteiger partial charge in [-0.05, 0) is 64.0 Å². The van der Waals surface area contributed by atoms with Gasteiger partial charge in [0.25, 0.3) is 0 Å².